The van der Waals surface area contributed by atoms with Crippen molar-refractivity contribution in [1.82, 2.24) is 20.4 Å². The number of pyridine rings is 1. The van der Waals surface area contributed by atoms with Crippen LogP contribution in [-0.4, -0.2) is 26.6 Å². The molecular formula is C20H15ClFN7O. The van der Waals surface area contributed by atoms with Gasteiger partial charge in [0.25, 0.3) is 0 Å². The molecule has 6 N–H and O–H groups in total. The molecule has 0 atom stereocenters. The summed E-state index contributed by atoms with van der Waals surface area (Å²) >= 11 is 5.72. The fourth-order valence-electron chi connectivity index (χ4n) is 2.83. The highest BCUT2D eigenvalue weighted by Gasteiger charge is 2.15. The van der Waals surface area contributed by atoms with E-state index in [-0.39, 0.29) is 16.6 Å². The summed E-state index contributed by atoms with van der Waals surface area (Å²) in [6.45, 7) is 0. The Labute approximate surface area is 174 Å². The second-order valence-corrected chi connectivity index (χ2v) is 6.77. The Bertz CT molecular complexity index is 1270. The van der Waals surface area contributed by atoms with Crippen molar-refractivity contribution in [3.05, 3.63) is 82.6 Å². The molecule has 30 heavy (non-hydrogen) atoms. The molecule has 150 valence electrons. The lowest BCUT2D eigenvalue weighted by Crippen LogP contribution is -2.30. The van der Waals surface area contributed by atoms with Crippen LogP contribution < -0.4 is 16.6 Å². The largest absolute Gasteiger partial charge is 0.398 e. The number of carbonyl (C=O) groups excluding carboxylic acids is 1. The zero-order valence-electron chi connectivity index (χ0n) is 15.3. The number of hydrogen-bond acceptors (Lipinski definition) is 6. The van der Waals surface area contributed by atoms with Gasteiger partial charge in [-0.25, -0.2) is 9.37 Å². The van der Waals surface area contributed by atoms with E-state index in [0.717, 1.165) is 0 Å². The number of fused-ring (bicyclic) bond motifs is 1. The first-order valence-electron chi connectivity index (χ1n) is 8.72. The van der Waals surface area contributed by atoms with Crippen LogP contribution in [0, 0.1) is 11.2 Å². The minimum Gasteiger partial charge on any atom is -0.398 e. The number of rotatable bonds is 5. The normalized spacial score (nSPS) is 10.7. The number of imidazole rings is 1. The van der Waals surface area contributed by atoms with E-state index in [4.69, 9.17) is 22.7 Å². The molecular weight excluding hydrogens is 409 g/mol. The monoisotopic (exact) mass is 423 g/mol. The van der Waals surface area contributed by atoms with E-state index in [9.17, 15) is 9.18 Å². The number of hydrazine groups is 1. The van der Waals surface area contributed by atoms with Crippen molar-refractivity contribution in [2.75, 3.05) is 11.2 Å². The average Bonchev–Trinajstić information content (AvgIpc) is 3.17. The molecule has 2 heterocycles. The Kier molecular flexibility index (Phi) is 5.03. The third-order valence-electron chi connectivity index (χ3n) is 4.35. The van der Waals surface area contributed by atoms with Crippen LogP contribution in [0.4, 0.5) is 15.8 Å². The van der Waals surface area contributed by atoms with Gasteiger partial charge in [-0.05, 0) is 42.5 Å². The quantitative estimate of drug-likeness (QED) is 0.190. The standard InChI is InChI=1S/C20H15ClFN7O/c21-13-7-11(1-2-14(13)22)28-29-20(30)19-26-16-8-12(15(23)9-17(16)27-19)18(24)10-3-5-25-6-4-10/h1-9,24,28H,23H2,(H,26,27)(H,29,30). The number of nitrogens with one attached hydrogen (secondary N) is 4. The smallest absolute Gasteiger partial charge is 0.305 e. The van der Waals surface area contributed by atoms with E-state index < -0.39 is 11.7 Å². The lowest BCUT2D eigenvalue weighted by Gasteiger charge is -2.07. The van der Waals surface area contributed by atoms with Gasteiger partial charge in [0.15, 0.2) is 5.82 Å². The molecule has 0 radical (unpaired) electrons. The Balaban J connectivity index is 1.56. The van der Waals surface area contributed by atoms with Crippen LogP contribution in [-0.2, 0) is 0 Å². The summed E-state index contributed by atoms with van der Waals surface area (Å²) in [4.78, 5) is 23.5. The van der Waals surface area contributed by atoms with Gasteiger partial charge in [0.2, 0.25) is 0 Å². The van der Waals surface area contributed by atoms with Crippen molar-refractivity contribution in [1.29, 1.82) is 5.41 Å². The Morgan fingerprint density at radius 2 is 1.93 bits per heavy atom. The second kappa shape index (κ2) is 7.80. The highest BCUT2D eigenvalue weighted by molar-refractivity contribution is 6.31. The second-order valence-electron chi connectivity index (χ2n) is 6.36. The molecule has 8 nitrogen and oxygen atoms in total. The van der Waals surface area contributed by atoms with E-state index in [2.05, 4.69) is 25.8 Å². The molecule has 0 bridgehead atoms. The number of aromatic amines is 1. The number of aromatic nitrogens is 3. The molecule has 0 spiro atoms. The zero-order chi connectivity index (χ0) is 21.3. The maximum atomic E-state index is 13.2. The van der Waals surface area contributed by atoms with Crippen molar-refractivity contribution in [3.8, 4) is 0 Å². The van der Waals surface area contributed by atoms with Gasteiger partial charge in [0.05, 0.1) is 27.5 Å². The van der Waals surface area contributed by atoms with Crippen LogP contribution in [0.15, 0.2) is 54.9 Å². The SMILES string of the molecule is N=C(c1ccncc1)c1cc2[nH]c(C(=O)NNc3ccc(F)c(Cl)c3)nc2cc1N. The van der Waals surface area contributed by atoms with Crippen molar-refractivity contribution in [2.45, 2.75) is 0 Å². The first-order valence-corrected chi connectivity index (χ1v) is 9.10. The van der Waals surface area contributed by atoms with E-state index in [1.54, 1.807) is 36.7 Å². The summed E-state index contributed by atoms with van der Waals surface area (Å²) in [5, 5.41) is 8.33. The fourth-order valence-corrected chi connectivity index (χ4v) is 3.01. The molecule has 2 aromatic carbocycles. The van der Waals surface area contributed by atoms with Crippen molar-refractivity contribution in [3.63, 3.8) is 0 Å². The molecule has 0 saturated heterocycles. The lowest BCUT2D eigenvalue weighted by atomic mass is 10.0. The third kappa shape index (κ3) is 3.78. The predicted octanol–water partition coefficient (Wildman–Crippen LogP) is 3.51. The molecule has 0 unspecified atom stereocenters. The number of nitrogens with zero attached hydrogens (tertiary/aromatic N) is 2. The van der Waals surface area contributed by atoms with Crippen LogP contribution in [0.2, 0.25) is 5.02 Å². The maximum Gasteiger partial charge on any atom is 0.305 e. The number of anilines is 2. The average molecular weight is 424 g/mol. The van der Waals surface area contributed by atoms with Gasteiger partial charge in [0, 0.05) is 29.2 Å². The minimum atomic E-state index is -0.559. The zero-order valence-corrected chi connectivity index (χ0v) is 16.1. The summed E-state index contributed by atoms with van der Waals surface area (Å²) in [5.74, 6) is -1.06. The molecule has 0 aliphatic heterocycles. The van der Waals surface area contributed by atoms with E-state index in [1.807, 2.05) is 0 Å². The number of amides is 1. The number of nitrogen functional groups attached to an aromatic ring is 1. The van der Waals surface area contributed by atoms with Crippen LogP contribution in [0.25, 0.3) is 11.0 Å². The summed E-state index contributed by atoms with van der Waals surface area (Å²) in [7, 11) is 0. The molecule has 0 saturated carbocycles. The summed E-state index contributed by atoms with van der Waals surface area (Å²) < 4.78 is 13.2. The Hall–Kier alpha value is -3.98. The summed E-state index contributed by atoms with van der Waals surface area (Å²) in [6.07, 6.45) is 3.19. The summed E-state index contributed by atoms with van der Waals surface area (Å²) in [6, 6.07) is 10.6. The molecule has 4 aromatic rings. The van der Waals surface area contributed by atoms with Gasteiger partial charge in [-0.2, -0.15) is 0 Å². The molecule has 2 aromatic heterocycles. The van der Waals surface area contributed by atoms with E-state index in [1.165, 1.54) is 18.2 Å². The van der Waals surface area contributed by atoms with E-state index >= 15 is 0 Å². The van der Waals surface area contributed by atoms with Crippen LogP contribution >= 0.6 is 11.6 Å². The first kappa shape index (κ1) is 19.3. The molecule has 10 heteroatoms. The highest BCUT2D eigenvalue weighted by atomic mass is 35.5. The number of carbonyl (C=O) groups is 1. The summed E-state index contributed by atoms with van der Waals surface area (Å²) in [5.41, 5.74) is 14.4. The molecule has 0 aliphatic carbocycles. The predicted molar refractivity (Wildman–Crippen MR) is 113 cm³/mol. The van der Waals surface area contributed by atoms with Gasteiger partial charge in [-0.1, -0.05) is 11.6 Å². The Morgan fingerprint density at radius 1 is 1.17 bits per heavy atom. The van der Waals surface area contributed by atoms with Gasteiger partial charge in [-0.15, -0.1) is 0 Å². The molecule has 4 rings (SSSR count). The van der Waals surface area contributed by atoms with Gasteiger partial charge < -0.3 is 10.7 Å². The number of H-pyrrole nitrogens is 1. The minimum absolute atomic E-state index is 0.0395. The number of halogens is 2. The topological polar surface area (TPSA) is 133 Å². The molecule has 0 aliphatic rings. The third-order valence-corrected chi connectivity index (χ3v) is 4.64. The lowest BCUT2D eigenvalue weighted by molar-refractivity contribution is 0.0953. The van der Waals surface area contributed by atoms with Crippen LogP contribution in [0.3, 0.4) is 0 Å². The van der Waals surface area contributed by atoms with Gasteiger partial charge in [0.1, 0.15) is 5.82 Å². The number of benzene rings is 2. The fraction of sp³-hybridized carbons (Fsp3) is 0. The van der Waals surface area contributed by atoms with E-state index in [0.29, 0.717) is 33.5 Å². The van der Waals surface area contributed by atoms with Crippen molar-refractivity contribution >= 4 is 45.6 Å². The molecule has 0 fully saturated rings. The van der Waals surface area contributed by atoms with Gasteiger partial charge >= 0.3 is 5.91 Å². The van der Waals surface area contributed by atoms with Crippen LogP contribution in [0.5, 0.6) is 0 Å². The molecule has 1 amide bonds. The van der Waals surface area contributed by atoms with Crippen molar-refractivity contribution in [2.24, 2.45) is 0 Å². The first-order chi connectivity index (χ1) is 14.4. The maximum absolute atomic E-state index is 13.2. The number of hydrogen-bond donors (Lipinski definition) is 5. The highest BCUT2D eigenvalue weighted by Crippen LogP contribution is 2.23. The van der Waals surface area contributed by atoms with Crippen molar-refractivity contribution < 1.29 is 9.18 Å². The van der Waals surface area contributed by atoms with Crippen LogP contribution in [0.1, 0.15) is 21.7 Å². The Morgan fingerprint density at radius 3 is 2.67 bits per heavy atom. The number of nitrogens with two attached hydrogens (primary N) is 1. The van der Waals surface area contributed by atoms with Gasteiger partial charge in [-0.3, -0.25) is 26.0 Å².